The van der Waals surface area contributed by atoms with Crippen molar-refractivity contribution in [1.82, 2.24) is 25.1 Å². The first-order valence-electron chi connectivity index (χ1n) is 11.5. The Hall–Kier alpha value is -3.39. The van der Waals surface area contributed by atoms with Crippen molar-refractivity contribution in [2.75, 3.05) is 24.2 Å². The average Bonchev–Trinajstić information content (AvgIpc) is 3.34. The van der Waals surface area contributed by atoms with Crippen LogP contribution in [0.1, 0.15) is 31.8 Å². The van der Waals surface area contributed by atoms with Crippen molar-refractivity contribution in [2.45, 2.75) is 37.6 Å². The monoisotopic (exact) mass is 476 g/mol. The van der Waals surface area contributed by atoms with Crippen LogP contribution in [-0.4, -0.2) is 45.5 Å². The molecule has 1 fully saturated rings. The number of aryl methyl sites for hydroxylation is 1. The van der Waals surface area contributed by atoms with Crippen LogP contribution in [0.4, 0.5) is 5.82 Å². The van der Waals surface area contributed by atoms with Crippen LogP contribution >= 0.6 is 11.8 Å². The van der Waals surface area contributed by atoms with Gasteiger partial charge in [-0.2, -0.15) is 0 Å². The largest absolute Gasteiger partial charge is 0.356 e. The lowest BCUT2D eigenvalue weighted by atomic mass is 10.1. The molecule has 5 rings (SSSR count). The zero-order valence-electron chi connectivity index (χ0n) is 19.6. The second kappa shape index (κ2) is 11.7. The number of fused-ring (bicyclic) bond motifs is 1. The average molecular weight is 477 g/mol. The Labute approximate surface area is 206 Å². The molecule has 2 aromatic carbocycles. The second-order valence-electron chi connectivity index (χ2n) is 8.24. The summed E-state index contributed by atoms with van der Waals surface area (Å²) in [4.78, 5) is 22.4. The molecule has 34 heavy (non-hydrogen) atoms. The SMILES string of the molecule is CSc1ccc(CNC=O)cc1.Cc1ccc(-n2cc3c(N4CCCCC4)ncnc3n2)cc1.[HH]. The van der Waals surface area contributed by atoms with Gasteiger partial charge in [0.1, 0.15) is 12.1 Å². The van der Waals surface area contributed by atoms with Crippen molar-refractivity contribution >= 4 is 35.0 Å². The quantitative estimate of drug-likeness (QED) is 0.311. The highest BCUT2D eigenvalue weighted by Crippen LogP contribution is 2.26. The van der Waals surface area contributed by atoms with Crippen molar-refractivity contribution in [1.29, 1.82) is 0 Å². The molecule has 1 aliphatic heterocycles. The zero-order valence-corrected chi connectivity index (χ0v) is 20.5. The third-order valence-corrected chi connectivity index (χ3v) is 6.54. The summed E-state index contributed by atoms with van der Waals surface area (Å²) in [5.41, 5.74) is 4.18. The summed E-state index contributed by atoms with van der Waals surface area (Å²) >= 11 is 1.71. The van der Waals surface area contributed by atoms with Gasteiger partial charge in [-0.1, -0.05) is 29.8 Å². The molecule has 3 heterocycles. The van der Waals surface area contributed by atoms with E-state index in [4.69, 9.17) is 0 Å². The van der Waals surface area contributed by atoms with E-state index < -0.39 is 0 Å². The van der Waals surface area contributed by atoms with E-state index in [1.54, 1.807) is 18.1 Å². The van der Waals surface area contributed by atoms with Gasteiger partial charge in [0, 0.05) is 32.2 Å². The number of piperidine rings is 1. The topological polar surface area (TPSA) is 75.9 Å². The standard InChI is InChI=1S/C17H19N5.C9H11NOS.H2/c1-13-5-7-14(8-6-13)22-11-15-16(20-22)18-12-19-17(15)21-9-3-2-4-10-21;1-12-9-4-2-8(3-5-9)6-10-7-11;/h5-8,11-12H,2-4,9-10H2,1H3;2-5,7H,6H2,1H3,(H,10,11);1H. The number of carbonyl (C=O) groups excluding carboxylic acids is 1. The smallest absolute Gasteiger partial charge is 0.207 e. The number of benzene rings is 2. The molecule has 1 saturated heterocycles. The Morgan fingerprint density at radius 3 is 2.44 bits per heavy atom. The summed E-state index contributed by atoms with van der Waals surface area (Å²) < 4.78 is 1.90. The lowest BCUT2D eigenvalue weighted by molar-refractivity contribution is -0.109. The normalized spacial score (nSPS) is 13.3. The first-order valence-corrected chi connectivity index (χ1v) is 12.7. The molecule has 1 aliphatic rings. The summed E-state index contributed by atoms with van der Waals surface area (Å²) in [5, 5.41) is 8.25. The van der Waals surface area contributed by atoms with Gasteiger partial charge < -0.3 is 10.2 Å². The molecule has 0 saturated carbocycles. The third-order valence-electron chi connectivity index (χ3n) is 5.80. The van der Waals surface area contributed by atoms with Crippen molar-refractivity contribution in [3.63, 3.8) is 0 Å². The Morgan fingerprint density at radius 1 is 1.03 bits per heavy atom. The number of carbonyl (C=O) groups is 1. The van der Waals surface area contributed by atoms with Gasteiger partial charge in [0.05, 0.1) is 11.1 Å². The van der Waals surface area contributed by atoms with Crippen molar-refractivity contribution in [2.24, 2.45) is 0 Å². The minimum atomic E-state index is 0. The van der Waals surface area contributed by atoms with E-state index in [9.17, 15) is 4.79 Å². The summed E-state index contributed by atoms with van der Waals surface area (Å²) in [6, 6.07) is 16.5. The molecule has 2 aromatic heterocycles. The van der Waals surface area contributed by atoms with E-state index in [2.05, 4.69) is 56.5 Å². The number of aromatic nitrogens is 4. The molecule has 0 bridgehead atoms. The number of hydrogen-bond donors (Lipinski definition) is 1. The first kappa shape index (κ1) is 23.8. The van der Waals surface area contributed by atoms with Gasteiger partial charge in [0.25, 0.3) is 0 Å². The van der Waals surface area contributed by atoms with Gasteiger partial charge >= 0.3 is 0 Å². The van der Waals surface area contributed by atoms with Crippen LogP contribution in [0.25, 0.3) is 16.7 Å². The summed E-state index contributed by atoms with van der Waals surface area (Å²) in [7, 11) is 0. The van der Waals surface area contributed by atoms with E-state index in [0.717, 1.165) is 41.2 Å². The number of hydrogen-bond acceptors (Lipinski definition) is 6. The molecule has 7 nitrogen and oxygen atoms in total. The van der Waals surface area contributed by atoms with Gasteiger partial charge in [-0.25, -0.2) is 14.6 Å². The molecular weight excluding hydrogens is 444 g/mol. The summed E-state index contributed by atoms with van der Waals surface area (Å²) in [6.07, 6.45) is 10.2. The van der Waals surface area contributed by atoms with Crippen LogP contribution in [0.15, 0.2) is 66.0 Å². The van der Waals surface area contributed by atoms with E-state index in [-0.39, 0.29) is 1.43 Å². The summed E-state index contributed by atoms with van der Waals surface area (Å²) in [5.74, 6) is 1.02. The van der Waals surface area contributed by atoms with Crippen molar-refractivity contribution in [3.8, 4) is 5.69 Å². The Balaban J connectivity index is 0.000000226. The van der Waals surface area contributed by atoms with E-state index >= 15 is 0 Å². The Bertz CT molecular complexity index is 1210. The van der Waals surface area contributed by atoms with E-state index in [1.165, 1.54) is 29.7 Å². The van der Waals surface area contributed by atoms with Gasteiger partial charge in [-0.15, -0.1) is 16.9 Å². The number of rotatable bonds is 6. The van der Waals surface area contributed by atoms with Crippen molar-refractivity contribution in [3.05, 3.63) is 72.2 Å². The maximum atomic E-state index is 9.99. The molecule has 0 atom stereocenters. The lowest BCUT2D eigenvalue weighted by Gasteiger charge is -2.27. The maximum Gasteiger partial charge on any atom is 0.207 e. The Morgan fingerprint density at radius 2 is 1.76 bits per heavy atom. The molecule has 8 heteroatoms. The highest BCUT2D eigenvalue weighted by molar-refractivity contribution is 7.98. The van der Waals surface area contributed by atoms with Crippen LogP contribution in [-0.2, 0) is 11.3 Å². The Kier molecular flexibility index (Phi) is 8.14. The fourth-order valence-electron chi connectivity index (χ4n) is 3.92. The minimum Gasteiger partial charge on any atom is -0.356 e. The highest BCUT2D eigenvalue weighted by Gasteiger charge is 2.17. The predicted octanol–water partition coefficient (Wildman–Crippen LogP) is 5.01. The molecule has 0 unspecified atom stereocenters. The third kappa shape index (κ3) is 5.94. The second-order valence-corrected chi connectivity index (χ2v) is 9.12. The van der Waals surface area contributed by atoms with Crippen LogP contribution < -0.4 is 10.2 Å². The highest BCUT2D eigenvalue weighted by atomic mass is 32.2. The first-order chi connectivity index (χ1) is 16.7. The van der Waals surface area contributed by atoms with Crippen LogP contribution in [0, 0.1) is 6.92 Å². The van der Waals surface area contributed by atoms with Crippen LogP contribution in [0.2, 0.25) is 0 Å². The van der Waals surface area contributed by atoms with Gasteiger partial charge in [-0.3, -0.25) is 4.79 Å². The summed E-state index contributed by atoms with van der Waals surface area (Å²) in [6.45, 7) is 4.84. The zero-order chi connectivity index (χ0) is 23.8. The number of thioether (sulfide) groups is 1. The molecule has 0 radical (unpaired) electrons. The molecule has 4 aromatic rings. The number of anilines is 1. The van der Waals surface area contributed by atoms with Crippen molar-refractivity contribution < 1.29 is 6.22 Å². The fourth-order valence-corrected chi connectivity index (χ4v) is 4.32. The van der Waals surface area contributed by atoms with Crippen LogP contribution in [0.3, 0.4) is 0 Å². The molecule has 1 N–H and O–H groups in total. The lowest BCUT2D eigenvalue weighted by Crippen LogP contribution is -2.30. The minimum absolute atomic E-state index is 0. The molecule has 0 spiro atoms. The van der Waals surface area contributed by atoms with Gasteiger partial charge in [0.15, 0.2) is 5.65 Å². The fraction of sp³-hybridized carbons (Fsp3) is 0.308. The number of nitrogens with zero attached hydrogens (tertiary/aromatic N) is 5. The van der Waals surface area contributed by atoms with E-state index in [0.29, 0.717) is 13.0 Å². The van der Waals surface area contributed by atoms with Gasteiger partial charge in [0.2, 0.25) is 6.41 Å². The van der Waals surface area contributed by atoms with Gasteiger partial charge in [-0.05, 0) is 62.3 Å². The van der Waals surface area contributed by atoms with Crippen LogP contribution in [0.5, 0.6) is 0 Å². The number of nitrogens with one attached hydrogen (secondary N) is 1. The molecule has 1 amide bonds. The maximum absolute atomic E-state index is 9.99. The predicted molar refractivity (Wildman–Crippen MR) is 141 cm³/mol. The molecular formula is C26H32N6OS. The van der Waals surface area contributed by atoms with E-state index in [1.807, 2.05) is 41.4 Å². The molecule has 178 valence electrons. The molecule has 0 aliphatic carbocycles. The number of amides is 1.